The molecule has 4 aromatic rings. The van der Waals surface area contributed by atoms with Crippen molar-refractivity contribution in [1.82, 2.24) is 25.3 Å². The molecule has 0 bridgehead atoms. The van der Waals surface area contributed by atoms with Gasteiger partial charge in [-0.15, -0.1) is 0 Å². The van der Waals surface area contributed by atoms with Crippen molar-refractivity contribution in [3.8, 4) is 17.0 Å². The molecule has 1 fully saturated rings. The van der Waals surface area contributed by atoms with Crippen molar-refractivity contribution < 1.29 is 24.1 Å². The van der Waals surface area contributed by atoms with Gasteiger partial charge in [0.2, 0.25) is 5.78 Å². The number of carbonyl (C=O) groups excluding carboxylic acids is 2. The summed E-state index contributed by atoms with van der Waals surface area (Å²) < 4.78 is 10.8. The molecule has 0 radical (unpaired) electrons. The van der Waals surface area contributed by atoms with E-state index in [1.807, 2.05) is 31.2 Å². The van der Waals surface area contributed by atoms with Gasteiger partial charge in [-0.1, -0.05) is 18.9 Å². The molecule has 43 heavy (non-hydrogen) atoms. The third-order valence-corrected chi connectivity index (χ3v) is 7.64. The van der Waals surface area contributed by atoms with Gasteiger partial charge in [0.1, 0.15) is 29.2 Å². The second-order valence-corrected chi connectivity index (χ2v) is 10.8. The number of aromatic amines is 1. The fraction of sp³-hybridized carbons (Fsp3) is 0.375. The minimum Gasteiger partial charge on any atom is -0.496 e. The summed E-state index contributed by atoms with van der Waals surface area (Å²) in [5.74, 6) is 0.813. The first-order valence-corrected chi connectivity index (χ1v) is 14.8. The van der Waals surface area contributed by atoms with E-state index in [2.05, 4.69) is 30.6 Å². The second kappa shape index (κ2) is 14.0. The highest BCUT2D eigenvalue weighted by Crippen LogP contribution is 2.33. The molecule has 0 spiro atoms. The molecular weight excluding hydrogens is 546 g/mol. The van der Waals surface area contributed by atoms with Crippen LogP contribution in [0.15, 0.2) is 59.1 Å². The fourth-order valence-corrected chi connectivity index (χ4v) is 5.32. The number of quaternary nitrogens is 1. The van der Waals surface area contributed by atoms with Crippen LogP contribution in [0, 0.1) is 12.3 Å². The van der Waals surface area contributed by atoms with E-state index in [0.29, 0.717) is 30.8 Å². The summed E-state index contributed by atoms with van der Waals surface area (Å²) in [6.45, 7) is 2.93. The Morgan fingerprint density at radius 1 is 1.21 bits per heavy atom. The van der Waals surface area contributed by atoms with Gasteiger partial charge < -0.3 is 24.8 Å². The number of aromatic nitrogens is 4. The second-order valence-electron chi connectivity index (χ2n) is 10.8. The number of H-pyrrole nitrogens is 1. The van der Waals surface area contributed by atoms with Gasteiger partial charge in [-0.3, -0.25) is 20.0 Å². The number of benzene rings is 1. The third kappa shape index (κ3) is 7.61. The van der Waals surface area contributed by atoms with Gasteiger partial charge in [0.25, 0.3) is 11.8 Å². The van der Waals surface area contributed by atoms with E-state index in [-0.39, 0.29) is 17.4 Å². The number of unbranched alkanes of at least 4 members (excludes halogenated alkanes) is 2. The Balaban J connectivity index is 1.31. The average Bonchev–Trinajstić information content (AvgIpc) is 3.73. The van der Waals surface area contributed by atoms with Crippen LogP contribution in [0.2, 0.25) is 0 Å². The van der Waals surface area contributed by atoms with Crippen LogP contribution in [0.3, 0.4) is 0 Å². The van der Waals surface area contributed by atoms with Gasteiger partial charge >= 0.3 is 0 Å². The average molecular weight is 585 g/mol. The number of nitrogens with zero attached hydrogens (tertiary/aromatic N) is 3. The predicted octanol–water partition coefficient (Wildman–Crippen LogP) is 4.57. The lowest BCUT2D eigenvalue weighted by atomic mass is 10.0. The smallest absolute Gasteiger partial charge is 0.269 e. The first-order chi connectivity index (χ1) is 20.9. The van der Waals surface area contributed by atoms with Crippen molar-refractivity contribution in [2.75, 3.05) is 13.7 Å². The molecule has 3 aromatic heterocycles. The zero-order valence-corrected chi connectivity index (χ0v) is 24.6. The Morgan fingerprint density at radius 2 is 2.09 bits per heavy atom. The quantitative estimate of drug-likeness (QED) is 0.102. The number of oxazole rings is 1. The molecule has 1 atom stereocenters. The van der Waals surface area contributed by atoms with Gasteiger partial charge in [0.05, 0.1) is 43.3 Å². The number of Topliss-reactive ketones (excluding diaryl/α,β-unsaturated/α-hetero) is 1. The molecule has 11 nitrogen and oxygen atoms in total. The summed E-state index contributed by atoms with van der Waals surface area (Å²) in [6.07, 6.45) is 12.5. The van der Waals surface area contributed by atoms with Crippen LogP contribution in [0.25, 0.3) is 22.2 Å². The Morgan fingerprint density at radius 3 is 2.86 bits per heavy atom. The number of methoxy groups -OCH3 is 1. The van der Waals surface area contributed by atoms with Crippen LogP contribution in [0.5, 0.6) is 5.75 Å². The number of hydrogen-bond donors (Lipinski definition) is 4. The number of nitrogens with two attached hydrogens (primary N) is 1. The van der Waals surface area contributed by atoms with Crippen molar-refractivity contribution >= 4 is 28.3 Å². The van der Waals surface area contributed by atoms with Gasteiger partial charge in [0, 0.05) is 41.6 Å². The number of hydrogen-bond acceptors (Lipinski definition) is 8. The molecule has 5 rings (SSSR count). The van der Waals surface area contributed by atoms with Crippen molar-refractivity contribution in [3.05, 3.63) is 72.1 Å². The molecule has 1 saturated heterocycles. The monoisotopic (exact) mass is 584 g/mol. The molecule has 5 N–H and O–H groups in total. The van der Waals surface area contributed by atoms with Crippen LogP contribution in [0.4, 0.5) is 0 Å². The molecule has 224 valence electrons. The molecule has 0 unspecified atom stereocenters. The highest BCUT2D eigenvalue weighted by molar-refractivity contribution is 6.42. The molecule has 11 heteroatoms. The summed E-state index contributed by atoms with van der Waals surface area (Å²) in [4.78, 5) is 41.9. The molecule has 4 heterocycles. The lowest BCUT2D eigenvalue weighted by Crippen LogP contribution is -2.83. The number of pyridine rings is 1. The lowest BCUT2D eigenvalue weighted by Gasteiger charge is -2.17. The number of ketones is 1. The van der Waals surface area contributed by atoms with Crippen LogP contribution < -0.4 is 15.4 Å². The summed E-state index contributed by atoms with van der Waals surface area (Å²) in [7, 11) is 1.62. The maximum Gasteiger partial charge on any atom is 0.269 e. The number of aryl methyl sites for hydroxylation is 1. The van der Waals surface area contributed by atoms with Crippen LogP contribution in [0.1, 0.15) is 79.6 Å². The van der Waals surface area contributed by atoms with Gasteiger partial charge in [0.15, 0.2) is 0 Å². The number of ether oxygens (including phenoxy) is 1. The van der Waals surface area contributed by atoms with E-state index in [1.165, 1.54) is 12.5 Å². The SMILES string of the molecule is COc1cc2nc(C)ccc2cc1-c1cnc([C@H](CCCCCC(=O)c2ncco2)NC(=O)C(=N)/C=C2/CCCC[NH2+]2)[nH]1. The normalized spacial score (nSPS) is 15.0. The molecular formula is C32H38N7O4+. The van der Waals surface area contributed by atoms with Crippen LogP contribution >= 0.6 is 0 Å². The number of imidazole rings is 1. The van der Waals surface area contributed by atoms with Crippen LogP contribution in [-0.4, -0.2) is 51.0 Å². The van der Waals surface area contributed by atoms with E-state index < -0.39 is 11.9 Å². The van der Waals surface area contributed by atoms with Gasteiger partial charge in [-0.05, 0) is 44.7 Å². The number of rotatable bonds is 13. The summed E-state index contributed by atoms with van der Waals surface area (Å²) in [6, 6.07) is 7.47. The minimum absolute atomic E-state index is 0.0690. The number of amides is 1. The Labute approximate surface area is 250 Å². The number of carbonyl (C=O) groups is 2. The molecule has 1 aliphatic rings. The number of nitrogens with one attached hydrogen (secondary N) is 3. The molecule has 1 amide bonds. The zero-order valence-electron chi connectivity index (χ0n) is 24.6. The van der Waals surface area contributed by atoms with Crippen molar-refractivity contribution in [3.63, 3.8) is 0 Å². The van der Waals surface area contributed by atoms with E-state index in [0.717, 1.165) is 72.2 Å². The molecule has 1 aliphatic heterocycles. The van der Waals surface area contributed by atoms with E-state index in [4.69, 9.17) is 14.6 Å². The molecule has 0 saturated carbocycles. The summed E-state index contributed by atoms with van der Waals surface area (Å²) in [5.41, 5.74) is 4.32. The highest BCUT2D eigenvalue weighted by Gasteiger charge is 2.22. The van der Waals surface area contributed by atoms with E-state index in [1.54, 1.807) is 19.4 Å². The number of fused-ring (bicyclic) bond motifs is 1. The van der Waals surface area contributed by atoms with Crippen molar-refractivity contribution in [2.24, 2.45) is 0 Å². The summed E-state index contributed by atoms with van der Waals surface area (Å²) >= 11 is 0. The third-order valence-electron chi connectivity index (χ3n) is 7.64. The standard InChI is InChI=1S/C32H37N7O4/c1-20-11-12-21-16-23(29(42-2)18-26(21)37-20)27-19-36-30(38-27)25(9-4-3-5-10-28(40)32-35-14-15-43-32)39-31(41)24(33)17-22-8-6-7-13-34-22/h11-12,14-19,25,33-34H,3-10,13H2,1-2H3,(H,36,38)(H,39,41)/p+1/b22-17-,33-24?/t25-/m0/s1. The summed E-state index contributed by atoms with van der Waals surface area (Å²) in [5, 5.41) is 14.5. The topological polar surface area (TPSA) is 163 Å². The Kier molecular flexibility index (Phi) is 9.73. The van der Waals surface area contributed by atoms with Gasteiger partial charge in [-0.25, -0.2) is 9.97 Å². The van der Waals surface area contributed by atoms with E-state index in [9.17, 15) is 9.59 Å². The Bertz CT molecular complexity index is 1620. The minimum atomic E-state index is -0.450. The fourth-order valence-electron chi connectivity index (χ4n) is 5.32. The first-order valence-electron chi connectivity index (χ1n) is 14.8. The lowest BCUT2D eigenvalue weighted by molar-refractivity contribution is -0.615. The largest absolute Gasteiger partial charge is 0.496 e. The zero-order chi connectivity index (χ0) is 30.2. The maximum absolute atomic E-state index is 13.1. The molecule has 1 aromatic carbocycles. The van der Waals surface area contributed by atoms with Gasteiger partial charge in [-0.2, -0.15) is 0 Å². The Hall–Kier alpha value is -4.64. The first kappa shape index (κ1) is 29.8. The maximum atomic E-state index is 13.1. The highest BCUT2D eigenvalue weighted by atomic mass is 16.5. The van der Waals surface area contributed by atoms with Crippen LogP contribution in [-0.2, 0) is 4.79 Å². The van der Waals surface area contributed by atoms with E-state index >= 15 is 0 Å². The number of allylic oxidation sites excluding steroid dienone is 1. The molecule has 0 aliphatic carbocycles. The van der Waals surface area contributed by atoms with Crippen molar-refractivity contribution in [2.45, 2.75) is 64.3 Å². The van der Waals surface area contributed by atoms with Crippen molar-refractivity contribution in [1.29, 1.82) is 5.41 Å². The predicted molar refractivity (Wildman–Crippen MR) is 162 cm³/mol. The number of piperidine rings is 1.